The Kier molecular flexibility index (Phi) is 5.25. The first kappa shape index (κ1) is 17.2. The summed E-state index contributed by atoms with van der Waals surface area (Å²) in [6, 6.07) is 18.4. The monoisotopic (exact) mass is 343 g/mol. The highest BCUT2D eigenvalue weighted by Gasteiger charge is 2.06. The van der Waals surface area contributed by atoms with Gasteiger partial charge in [0, 0.05) is 23.6 Å². The molecule has 0 atom stereocenters. The molecule has 0 saturated heterocycles. The predicted molar refractivity (Wildman–Crippen MR) is 102 cm³/mol. The molecular weight excluding hydrogens is 326 g/mol. The Morgan fingerprint density at radius 1 is 1.00 bits per heavy atom. The number of rotatable bonds is 3. The van der Waals surface area contributed by atoms with E-state index in [1.165, 1.54) is 6.92 Å². The fourth-order valence-electron chi connectivity index (χ4n) is 2.39. The van der Waals surface area contributed by atoms with Gasteiger partial charge in [-0.2, -0.15) is 0 Å². The van der Waals surface area contributed by atoms with E-state index in [-0.39, 0.29) is 18.4 Å². The zero-order valence-corrected chi connectivity index (χ0v) is 14.2. The molecule has 26 heavy (non-hydrogen) atoms. The van der Waals surface area contributed by atoms with Gasteiger partial charge < -0.3 is 10.6 Å². The van der Waals surface area contributed by atoms with Crippen molar-refractivity contribution in [3.05, 3.63) is 71.9 Å². The van der Waals surface area contributed by atoms with E-state index in [0.717, 1.165) is 22.2 Å². The van der Waals surface area contributed by atoms with Gasteiger partial charge in [-0.25, -0.2) is 4.98 Å². The first-order chi connectivity index (χ1) is 12.6. The third kappa shape index (κ3) is 4.46. The van der Waals surface area contributed by atoms with Crippen LogP contribution >= 0.6 is 0 Å². The molecule has 0 aliphatic carbocycles. The minimum Gasteiger partial charge on any atom is -0.340 e. The SMILES string of the molecule is CC(=O)Nc1ccc(C#CCNC(=O)c2ccc3ccccc3n2)cc1. The number of carbonyl (C=O) groups excluding carboxylic acids is 2. The van der Waals surface area contributed by atoms with E-state index in [9.17, 15) is 9.59 Å². The Morgan fingerprint density at radius 3 is 2.54 bits per heavy atom. The number of pyridine rings is 1. The Balaban J connectivity index is 1.58. The lowest BCUT2D eigenvalue weighted by atomic mass is 10.2. The van der Waals surface area contributed by atoms with E-state index in [0.29, 0.717) is 5.69 Å². The van der Waals surface area contributed by atoms with E-state index in [1.807, 2.05) is 42.5 Å². The van der Waals surface area contributed by atoms with Crippen molar-refractivity contribution in [2.24, 2.45) is 0 Å². The van der Waals surface area contributed by atoms with Gasteiger partial charge in [-0.1, -0.05) is 36.1 Å². The molecule has 0 aliphatic heterocycles. The van der Waals surface area contributed by atoms with Gasteiger partial charge in [0.05, 0.1) is 12.1 Å². The lowest BCUT2D eigenvalue weighted by molar-refractivity contribution is -0.114. The topological polar surface area (TPSA) is 71.1 Å². The van der Waals surface area contributed by atoms with Crippen LogP contribution in [0.15, 0.2) is 60.7 Å². The van der Waals surface area contributed by atoms with Gasteiger partial charge in [0.15, 0.2) is 0 Å². The summed E-state index contributed by atoms with van der Waals surface area (Å²) in [7, 11) is 0. The van der Waals surface area contributed by atoms with Crippen LogP contribution in [0.2, 0.25) is 0 Å². The highest BCUT2D eigenvalue weighted by atomic mass is 16.2. The Bertz CT molecular complexity index is 1010. The standard InChI is InChI=1S/C21H17N3O2/c1-15(25)23-18-11-8-16(9-12-18)5-4-14-22-21(26)20-13-10-17-6-2-3-7-19(17)24-20/h2-3,6-13H,14H2,1H3,(H,22,26)(H,23,25). The predicted octanol–water partition coefficient (Wildman–Crippen LogP) is 2.97. The summed E-state index contributed by atoms with van der Waals surface area (Å²) in [6.07, 6.45) is 0. The maximum Gasteiger partial charge on any atom is 0.270 e. The van der Waals surface area contributed by atoms with Crippen molar-refractivity contribution in [3.63, 3.8) is 0 Å². The number of carbonyl (C=O) groups is 2. The van der Waals surface area contributed by atoms with Crippen LogP contribution in [0.4, 0.5) is 5.69 Å². The molecule has 0 spiro atoms. The summed E-state index contributed by atoms with van der Waals surface area (Å²) in [5, 5.41) is 6.43. The molecule has 0 bridgehead atoms. The third-order valence-electron chi connectivity index (χ3n) is 3.61. The minimum atomic E-state index is -0.258. The Hall–Kier alpha value is -3.65. The van der Waals surface area contributed by atoms with Crippen molar-refractivity contribution >= 4 is 28.4 Å². The molecule has 2 aromatic carbocycles. The number of hydrogen-bond donors (Lipinski definition) is 2. The summed E-state index contributed by atoms with van der Waals surface area (Å²) < 4.78 is 0. The van der Waals surface area contributed by atoms with Crippen LogP contribution in [0.1, 0.15) is 23.0 Å². The van der Waals surface area contributed by atoms with Crippen LogP contribution in [0.3, 0.4) is 0 Å². The first-order valence-electron chi connectivity index (χ1n) is 8.12. The van der Waals surface area contributed by atoms with Gasteiger partial charge >= 0.3 is 0 Å². The van der Waals surface area contributed by atoms with Crippen LogP contribution in [-0.2, 0) is 4.79 Å². The number of amides is 2. The Morgan fingerprint density at radius 2 is 1.77 bits per heavy atom. The lowest BCUT2D eigenvalue weighted by Crippen LogP contribution is -2.24. The van der Waals surface area contributed by atoms with Crippen molar-refractivity contribution < 1.29 is 9.59 Å². The highest BCUT2D eigenvalue weighted by Crippen LogP contribution is 2.11. The number of nitrogens with one attached hydrogen (secondary N) is 2. The minimum absolute atomic E-state index is 0.117. The number of fused-ring (bicyclic) bond motifs is 1. The smallest absolute Gasteiger partial charge is 0.270 e. The zero-order chi connectivity index (χ0) is 18.4. The average molecular weight is 343 g/mol. The van der Waals surface area contributed by atoms with Crippen molar-refractivity contribution in [2.45, 2.75) is 6.92 Å². The second-order valence-electron chi connectivity index (χ2n) is 5.63. The van der Waals surface area contributed by atoms with Gasteiger partial charge in [0.25, 0.3) is 5.91 Å². The molecule has 2 amide bonds. The highest BCUT2D eigenvalue weighted by molar-refractivity contribution is 5.95. The average Bonchev–Trinajstić information content (AvgIpc) is 2.65. The van der Waals surface area contributed by atoms with Crippen LogP contribution in [0, 0.1) is 11.8 Å². The molecule has 2 N–H and O–H groups in total. The third-order valence-corrected chi connectivity index (χ3v) is 3.61. The van der Waals surface area contributed by atoms with Crippen LogP contribution < -0.4 is 10.6 Å². The molecule has 5 heteroatoms. The summed E-state index contributed by atoms with van der Waals surface area (Å²) in [5.41, 5.74) is 2.67. The maximum atomic E-state index is 12.2. The van der Waals surface area contributed by atoms with E-state index in [4.69, 9.17) is 0 Å². The molecule has 5 nitrogen and oxygen atoms in total. The van der Waals surface area contributed by atoms with Gasteiger partial charge in [-0.3, -0.25) is 9.59 Å². The molecule has 1 heterocycles. The molecule has 0 aliphatic rings. The summed E-state index contributed by atoms with van der Waals surface area (Å²) in [6.45, 7) is 1.68. The quantitative estimate of drug-likeness (QED) is 0.718. The molecule has 1 aromatic heterocycles. The van der Waals surface area contributed by atoms with Crippen LogP contribution in [0.25, 0.3) is 10.9 Å². The summed E-state index contributed by atoms with van der Waals surface area (Å²) >= 11 is 0. The van der Waals surface area contributed by atoms with Gasteiger partial charge in [0.2, 0.25) is 5.91 Å². The van der Waals surface area contributed by atoms with E-state index >= 15 is 0 Å². The summed E-state index contributed by atoms with van der Waals surface area (Å²) in [5.74, 6) is 5.49. The van der Waals surface area contributed by atoms with Gasteiger partial charge in [0.1, 0.15) is 5.69 Å². The van der Waals surface area contributed by atoms with E-state index in [2.05, 4.69) is 27.5 Å². The van der Waals surface area contributed by atoms with Crippen molar-refractivity contribution in [2.75, 3.05) is 11.9 Å². The number of nitrogens with zero attached hydrogens (tertiary/aromatic N) is 1. The normalized spacial score (nSPS) is 9.88. The van der Waals surface area contributed by atoms with Gasteiger partial charge in [-0.15, -0.1) is 0 Å². The molecule has 0 radical (unpaired) electrons. The van der Waals surface area contributed by atoms with E-state index in [1.54, 1.807) is 18.2 Å². The molecule has 3 rings (SSSR count). The second-order valence-corrected chi connectivity index (χ2v) is 5.63. The number of anilines is 1. The molecule has 0 fully saturated rings. The molecule has 3 aromatic rings. The number of hydrogen-bond acceptors (Lipinski definition) is 3. The molecule has 128 valence electrons. The fourth-order valence-corrected chi connectivity index (χ4v) is 2.39. The van der Waals surface area contributed by atoms with Gasteiger partial charge in [-0.05, 0) is 36.4 Å². The van der Waals surface area contributed by atoms with E-state index < -0.39 is 0 Å². The summed E-state index contributed by atoms with van der Waals surface area (Å²) in [4.78, 5) is 27.5. The second kappa shape index (κ2) is 7.95. The molecule has 0 unspecified atom stereocenters. The van der Waals surface area contributed by atoms with Crippen LogP contribution in [-0.4, -0.2) is 23.3 Å². The Labute approximate surface area is 151 Å². The number of aromatic nitrogens is 1. The number of para-hydroxylation sites is 1. The maximum absolute atomic E-state index is 12.2. The zero-order valence-electron chi connectivity index (χ0n) is 14.2. The fraction of sp³-hybridized carbons (Fsp3) is 0.0952. The van der Waals surface area contributed by atoms with Crippen LogP contribution in [0.5, 0.6) is 0 Å². The number of benzene rings is 2. The van der Waals surface area contributed by atoms with Crippen molar-refractivity contribution in [3.8, 4) is 11.8 Å². The van der Waals surface area contributed by atoms with Crippen molar-refractivity contribution in [1.29, 1.82) is 0 Å². The lowest BCUT2D eigenvalue weighted by Gasteiger charge is -2.02. The largest absolute Gasteiger partial charge is 0.340 e. The first-order valence-corrected chi connectivity index (χ1v) is 8.12. The van der Waals surface area contributed by atoms with Crippen molar-refractivity contribution in [1.82, 2.24) is 10.3 Å². The molecular formula is C21H17N3O2. The molecule has 0 saturated carbocycles.